The van der Waals surface area contributed by atoms with Crippen molar-refractivity contribution in [1.29, 1.82) is 0 Å². The molecule has 0 unspecified atom stereocenters. The Labute approximate surface area is 123 Å². The third kappa shape index (κ3) is 5.49. The summed E-state index contributed by atoms with van der Waals surface area (Å²) in [6.45, 7) is 3.93. The van der Waals surface area contributed by atoms with Gasteiger partial charge in [0.05, 0.1) is 12.5 Å². The summed E-state index contributed by atoms with van der Waals surface area (Å²) in [5, 5.41) is 8.83. The normalized spacial score (nSPS) is 13.7. The first-order valence-electron chi connectivity index (χ1n) is 6.69. The molecule has 1 rings (SSSR count). The first-order chi connectivity index (χ1) is 9.95. The molecular formula is C14H21N3O4. The molecule has 0 saturated heterocycles. The van der Waals surface area contributed by atoms with Gasteiger partial charge in [0.1, 0.15) is 6.10 Å². The van der Waals surface area contributed by atoms with E-state index in [-0.39, 0.29) is 12.5 Å². The van der Waals surface area contributed by atoms with Crippen molar-refractivity contribution in [2.24, 2.45) is 17.6 Å². The summed E-state index contributed by atoms with van der Waals surface area (Å²) < 4.78 is 5.50. The van der Waals surface area contributed by atoms with Gasteiger partial charge in [-0.05, 0) is 30.0 Å². The van der Waals surface area contributed by atoms with Gasteiger partial charge < -0.3 is 10.5 Å². The largest absolute Gasteiger partial charge is 0.369 e. The minimum atomic E-state index is -1.14. The standard InChI is InChI=1S/C14H21N3O4/c1-9(2)7-11(13(15)18)12(14(19)17-20)21-8-10-3-5-16-6-4-10/h3-6,9,11-12,20H,7-8H2,1-2H3,(H2,15,18)(H,17,19)/t11-,12+/m1/s1. The van der Waals surface area contributed by atoms with Crippen LogP contribution in [0.5, 0.6) is 0 Å². The van der Waals surface area contributed by atoms with E-state index in [0.717, 1.165) is 5.56 Å². The summed E-state index contributed by atoms with van der Waals surface area (Å²) in [6, 6.07) is 3.46. The summed E-state index contributed by atoms with van der Waals surface area (Å²) in [7, 11) is 0. The average molecular weight is 295 g/mol. The maximum atomic E-state index is 11.8. The van der Waals surface area contributed by atoms with Gasteiger partial charge in [-0.25, -0.2) is 5.48 Å². The number of carbonyl (C=O) groups is 2. The Hall–Kier alpha value is -1.99. The topological polar surface area (TPSA) is 115 Å². The second-order valence-corrected chi connectivity index (χ2v) is 5.20. The van der Waals surface area contributed by atoms with Crippen molar-refractivity contribution in [3.63, 3.8) is 0 Å². The number of hydrogen-bond acceptors (Lipinski definition) is 5. The first-order valence-corrected chi connectivity index (χ1v) is 6.69. The molecular weight excluding hydrogens is 274 g/mol. The molecule has 0 spiro atoms. The zero-order valence-electron chi connectivity index (χ0n) is 12.2. The number of nitrogens with zero attached hydrogens (tertiary/aromatic N) is 1. The van der Waals surface area contributed by atoms with Gasteiger partial charge in [-0.3, -0.25) is 19.8 Å². The van der Waals surface area contributed by atoms with E-state index in [1.54, 1.807) is 24.5 Å². The molecule has 1 aromatic heterocycles. The Kier molecular flexibility index (Phi) is 6.77. The number of pyridine rings is 1. The van der Waals surface area contributed by atoms with Gasteiger partial charge in [0.25, 0.3) is 5.91 Å². The highest BCUT2D eigenvalue weighted by Crippen LogP contribution is 2.19. The van der Waals surface area contributed by atoms with Crippen LogP contribution in [0.2, 0.25) is 0 Å². The Balaban J connectivity index is 2.83. The highest BCUT2D eigenvalue weighted by atomic mass is 16.5. The number of ether oxygens (including phenoxy) is 1. The van der Waals surface area contributed by atoms with Crippen LogP contribution in [0.3, 0.4) is 0 Å². The molecule has 0 aromatic carbocycles. The highest BCUT2D eigenvalue weighted by Gasteiger charge is 2.33. The molecule has 0 aliphatic heterocycles. The average Bonchev–Trinajstić information content (AvgIpc) is 2.46. The number of rotatable bonds is 8. The zero-order valence-corrected chi connectivity index (χ0v) is 12.2. The monoisotopic (exact) mass is 295 g/mol. The predicted molar refractivity (Wildman–Crippen MR) is 74.9 cm³/mol. The number of nitrogens with one attached hydrogen (secondary N) is 1. The van der Waals surface area contributed by atoms with E-state index < -0.39 is 23.8 Å². The lowest BCUT2D eigenvalue weighted by atomic mass is 9.91. The quantitative estimate of drug-likeness (QED) is 0.480. The van der Waals surface area contributed by atoms with Gasteiger partial charge in [-0.1, -0.05) is 13.8 Å². The van der Waals surface area contributed by atoms with Crippen LogP contribution in [0, 0.1) is 11.8 Å². The molecule has 1 aromatic rings. The maximum absolute atomic E-state index is 11.8. The van der Waals surface area contributed by atoms with Crippen LogP contribution < -0.4 is 11.2 Å². The summed E-state index contributed by atoms with van der Waals surface area (Å²) in [6.07, 6.45) is 2.45. The lowest BCUT2D eigenvalue weighted by molar-refractivity contribution is -0.151. The van der Waals surface area contributed by atoms with Crippen molar-refractivity contribution in [3.05, 3.63) is 30.1 Å². The maximum Gasteiger partial charge on any atom is 0.273 e. The highest BCUT2D eigenvalue weighted by molar-refractivity contribution is 5.88. The smallest absolute Gasteiger partial charge is 0.273 e. The third-order valence-corrected chi connectivity index (χ3v) is 3.00. The van der Waals surface area contributed by atoms with Crippen LogP contribution in [-0.4, -0.2) is 28.1 Å². The van der Waals surface area contributed by atoms with E-state index in [9.17, 15) is 9.59 Å². The van der Waals surface area contributed by atoms with Crippen LogP contribution in [0.15, 0.2) is 24.5 Å². The van der Waals surface area contributed by atoms with E-state index in [0.29, 0.717) is 6.42 Å². The fourth-order valence-electron chi connectivity index (χ4n) is 2.00. The number of carbonyl (C=O) groups excluding carboxylic acids is 2. The van der Waals surface area contributed by atoms with Gasteiger partial charge in [-0.15, -0.1) is 0 Å². The van der Waals surface area contributed by atoms with Crippen molar-refractivity contribution in [1.82, 2.24) is 10.5 Å². The number of aromatic nitrogens is 1. The number of nitrogens with two attached hydrogens (primary N) is 1. The molecule has 1 heterocycles. The summed E-state index contributed by atoms with van der Waals surface area (Å²) in [5.74, 6) is -2.07. The lowest BCUT2D eigenvalue weighted by Crippen LogP contribution is -2.45. The third-order valence-electron chi connectivity index (χ3n) is 3.00. The second kappa shape index (κ2) is 8.33. The first kappa shape index (κ1) is 17.1. The van der Waals surface area contributed by atoms with E-state index in [1.807, 2.05) is 13.8 Å². The van der Waals surface area contributed by atoms with Gasteiger partial charge in [0.2, 0.25) is 5.91 Å². The molecule has 0 saturated carbocycles. The molecule has 4 N–H and O–H groups in total. The molecule has 0 aliphatic carbocycles. The lowest BCUT2D eigenvalue weighted by Gasteiger charge is -2.24. The SMILES string of the molecule is CC(C)C[C@@H](C(N)=O)[C@H](OCc1ccncc1)C(=O)NO. The molecule has 0 aliphatic rings. The molecule has 7 nitrogen and oxygen atoms in total. The molecule has 2 amide bonds. The second-order valence-electron chi connectivity index (χ2n) is 5.20. The molecule has 21 heavy (non-hydrogen) atoms. The Bertz CT molecular complexity index is 465. The zero-order chi connectivity index (χ0) is 15.8. The molecule has 2 atom stereocenters. The van der Waals surface area contributed by atoms with Gasteiger partial charge in [-0.2, -0.15) is 0 Å². The minimum absolute atomic E-state index is 0.114. The van der Waals surface area contributed by atoms with Gasteiger partial charge >= 0.3 is 0 Å². The molecule has 116 valence electrons. The minimum Gasteiger partial charge on any atom is -0.369 e. The fourth-order valence-corrected chi connectivity index (χ4v) is 2.00. The Morgan fingerprint density at radius 1 is 1.38 bits per heavy atom. The van der Waals surface area contributed by atoms with Crippen LogP contribution in [-0.2, 0) is 20.9 Å². The van der Waals surface area contributed by atoms with Crippen LogP contribution in [0.4, 0.5) is 0 Å². The number of hydroxylamine groups is 1. The van der Waals surface area contributed by atoms with Crippen molar-refractivity contribution in [2.45, 2.75) is 33.0 Å². The summed E-state index contributed by atoms with van der Waals surface area (Å²) in [5.41, 5.74) is 7.68. The number of amides is 2. The van der Waals surface area contributed by atoms with Gasteiger partial charge in [0, 0.05) is 12.4 Å². The van der Waals surface area contributed by atoms with E-state index >= 15 is 0 Å². The molecule has 0 radical (unpaired) electrons. The summed E-state index contributed by atoms with van der Waals surface area (Å²) in [4.78, 5) is 27.2. The molecule has 0 fully saturated rings. The van der Waals surface area contributed by atoms with E-state index in [1.165, 1.54) is 5.48 Å². The van der Waals surface area contributed by atoms with Crippen LogP contribution in [0.25, 0.3) is 0 Å². The van der Waals surface area contributed by atoms with E-state index in [2.05, 4.69) is 4.98 Å². The molecule has 7 heteroatoms. The number of hydrogen-bond donors (Lipinski definition) is 3. The van der Waals surface area contributed by atoms with Crippen molar-refractivity contribution in [2.75, 3.05) is 0 Å². The van der Waals surface area contributed by atoms with Crippen molar-refractivity contribution >= 4 is 11.8 Å². The Morgan fingerprint density at radius 3 is 2.48 bits per heavy atom. The fraction of sp³-hybridized carbons (Fsp3) is 0.500. The summed E-state index contributed by atoms with van der Waals surface area (Å²) >= 11 is 0. The van der Waals surface area contributed by atoms with Crippen molar-refractivity contribution in [3.8, 4) is 0 Å². The number of primary amides is 1. The van der Waals surface area contributed by atoms with E-state index in [4.69, 9.17) is 15.7 Å². The predicted octanol–water partition coefficient (Wildman–Crippen LogP) is 0.620. The molecule has 0 bridgehead atoms. The Morgan fingerprint density at radius 2 is 2.00 bits per heavy atom. The van der Waals surface area contributed by atoms with Gasteiger partial charge in [0.15, 0.2) is 0 Å². The van der Waals surface area contributed by atoms with Crippen molar-refractivity contribution < 1.29 is 19.5 Å². The van der Waals surface area contributed by atoms with Crippen LogP contribution >= 0.6 is 0 Å². The van der Waals surface area contributed by atoms with Crippen LogP contribution in [0.1, 0.15) is 25.8 Å².